The Hall–Kier alpha value is -1.59. The number of aliphatic hydroxyl groups is 1. The first kappa shape index (κ1) is 42.2. The highest BCUT2D eigenvalue weighted by Gasteiger charge is 2.47. The lowest BCUT2D eigenvalue weighted by molar-refractivity contribution is -0.298. The Morgan fingerprint density at radius 3 is 2.43 bits per heavy atom. The summed E-state index contributed by atoms with van der Waals surface area (Å²) in [4.78, 5) is 20.1. The number of aryl methyl sites for hydroxylation is 1. The van der Waals surface area contributed by atoms with Crippen molar-refractivity contribution in [1.82, 2.24) is 14.7 Å². The number of aliphatic hydroxyl groups excluding tert-OH is 1. The van der Waals surface area contributed by atoms with Crippen LogP contribution in [0.15, 0.2) is 24.3 Å². The minimum Gasteiger partial charge on any atom is -0.386 e. The van der Waals surface area contributed by atoms with Crippen LogP contribution in [-0.2, 0) is 18.9 Å². The molecule has 0 radical (unpaired) electrons. The Kier molecular flexibility index (Phi) is 15.4. The van der Waals surface area contributed by atoms with Crippen LogP contribution in [-0.4, -0.2) is 129 Å². The fraction of sp³-hybridized carbons (Fsp3) is 0.833. The molecule has 0 saturated carbocycles. The lowest BCUT2D eigenvalue weighted by Gasteiger charge is -2.47. The van der Waals surface area contributed by atoms with Crippen molar-refractivity contribution in [3.8, 4) is 0 Å². The average Bonchev–Trinajstić information content (AvgIpc) is 3.07. The number of hydrogen-bond donors (Lipinski definition) is 1. The van der Waals surface area contributed by atoms with E-state index in [1.54, 1.807) is 0 Å². The Labute approximate surface area is 310 Å². The van der Waals surface area contributed by atoms with Gasteiger partial charge in [-0.15, -0.1) is 0 Å². The van der Waals surface area contributed by atoms with E-state index in [-0.39, 0.29) is 35.5 Å². The summed E-state index contributed by atoms with van der Waals surface area (Å²) in [5.74, 6) is 1.16. The van der Waals surface area contributed by atoms with E-state index in [1.807, 2.05) is 57.3 Å². The molecule has 0 bridgehead atoms. The molecule has 3 heterocycles. The molecule has 9 atom stereocenters. The number of hydrogen-bond acceptors (Lipinski definition) is 8. The van der Waals surface area contributed by atoms with Crippen molar-refractivity contribution in [2.45, 2.75) is 143 Å². The first-order chi connectivity index (χ1) is 24.1. The molecule has 0 spiro atoms. The first-order valence-electron chi connectivity index (χ1n) is 19.9. The van der Waals surface area contributed by atoms with Gasteiger partial charge in [-0.25, -0.2) is 0 Å². The molecule has 9 nitrogen and oxygen atoms in total. The van der Waals surface area contributed by atoms with Crippen molar-refractivity contribution in [2.75, 3.05) is 60.6 Å². The average molecular weight is 716 g/mol. The third-order valence-electron chi connectivity index (χ3n) is 11.9. The number of likely N-dealkylation sites (tertiary alicyclic amines) is 1. The maximum absolute atomic E-state index is 13.3. The number of methoxy groups -OCH3 is 1. The fourth-order valence-corrected chi connectivity index (χ4v) is 9.41. The van der Waals surface area contributed by atoms with Crippen molar-refractivity contribution in [2.24, 2.45) is 23.2 Å². The van der Waals surface area contributed by atoms with Crippen LogP contribution in [0, 0.1) is 30.1 Å². The summed E-state index contributed by atoms with van der Waals surface area (Å²) in [5.41, 5.74) is 1.23. The standard InChI is InChI=1S/C42H73N3O6/c1-12-18-45-26-30(3)24-42(8,48-11)38(51-40-37(46)36(43(9)10)22-32(5)50-40)31(4)25-41(6,7)28-49-27-35(45)23-33-16-19-44(20-17-33)39(47)34-15-13-14-29(2)21-34/h13-15,21,30-33,35-38,40,46H,12,16-20,22-28H2,1-11H3/t30-,31-,32-,35-,36+,37-,38-,40+,42-/m1/s1. The predicted octanol–water partition coefficient (Wildman–Crippen LogP) is 6.64. The number of benzene rings is 1. The van der Waals surface area contributed by atoms with Crippen LogP contribution < -0.4 is 0 Å². The van der Waals surface area contributed by atoms with E-state index in [1.165, 1.54) is 0 Å². The molecule has 1 amide bonds. The van der Waals surface area contributed by atoms with Crippen LogP contribution in [0.25, 0.3) is 0 Å². The summed E-state index contributed by atoms with van der Waals surface area (Å²) in [6.45, 7) is 22.7. The van der Waals surface area contributed by atoms with Crippen LogP contribution in [0.5, 0.6) is 0 Å². The van der Waals surface area contributed by atoms with E-state index < -0.39 is 18.0 Å². The van der Waals surface area contributed by atoms with Crippen LogP contribution in [0.4, 0.5) is 0 Å². The number of ether oxygens (including phenoxy) is 4. The fourth-order valence-electron chi connectivity index (χ4n) is 9.41. The maximum atomic E-state index is 13.3. The molecule has 3 fully saturated rings. The van der Waals surface area contributed by atoms with Crippen molar-refractivity contribution in [3.05, 3.63) is 35.4 Å². The molecule has 0 unspecified atom stereocenters. The predicted molar refractivity (Wildman–Crippen MR) is 205 cm³/mol. The smallest absolute Gasteiger partial charge is 0.253 e. The van der Waals surface area contributed by atoms with Gasteiger partial charge in [-0.1, -0.05) is 52.3 Å². The highest BCUT2D eigenvalue weighted by atomic mass is 16.7. The number of likely N-dealkylation sites (N-methyl/N-ethyl adjacent to an activating group) is 1. The minimum atomic E-state index is -0.754. The van der Waals surface area contributed by atoms with Gasteiger partial charge in [-0.05, 0) is 122 Å². The largest absolute Gasteiger partial charge is 0.386 e. The zero-order valence-electron chi connectivity index (χ0n) is 34.0. The Bertz CT molecular complexity index is 1220. The van der Waals surface area contributed by atoms with Gasteiger partial charge in [0.1, 0.15) is 6.10 Å². The van der Waals surface area contributed by atoms with Gasteiger partial charge in [0.2, 0.25) is 0 Å². The molecule has 9 heteroatoms. The molecule has 3 aliphatic rings. The van der Waals surface area contributed by atoms with Crippen molar-refractivity contribution < 1.29 is 28.8 Å². The van der Waals surface area contributed by atoms with E-state index in [9.17, 15) is 9.90 Å². The number of amides is 1. The number of carbonyl (C=O) groups is 1. The Morgan fingerprint density at radius 1 is 1.10 bits per heavy atom. The summed E-state index contributed by atoms with van der Waals surface area (Å²) in [7, 11) is 5.84. The monoisotopic (exact) mass is 716 g/mol. The summed E-state index contributed by atoms with van der Waals surface area (Å²) in [5, 5.41) is 11.5. The highest BCUT2D eigenvalue weighted by Crippen LogP contribution is 2.40. The summed E-state index contributed by atoms with van der Waals surface area (Å²) < 4.78 is 26.4. The van der Waals surface area contributed by atoms with Crippen molar-refractivity contribution in [3.63, 3.8) is 0 Å². The Balaban J connectivity index is 1.52. The van der Waals surface area contributed by atoms with E-state index in [0.29, 0.717) is 31.1 Å². The summed E-state index contributed by atoms with van der Waals surface area (Å²) in [6, 6.07) is 8.23. The third-order valence-corrected chi connectivity index (χ3v) is 11.9. The molecular weight excluding hydrogens is 642 g/mol. The quantitative estimate of drug-likeness (QED) is 0.305. The van der Waals surface area contributed by atoms with E-state index in [4.69, 9.17) is 18.9 Å². The molecule has 292 valence electrons. The van der Waals surface area contributed by atoms with Crippen molar-refractivity contribution >= 4 is 5.91 Å². The second kappa shape index (κ2) is 18.6. The molecule has 3 saturated heterocycles. The molecular formula is C42H73N3O6. The molecule has 1 N–H and O–H groups in total. The maximum Gasteiger partial charge on any atom is 0.253 e. The van der Waals surface area contributed by atoms with Gasteiger partial charge >= 0.3 is 0 Å². The molecule has 51 heavy (non-hydrogen) atoms. The number of piperidine rings is 1. The second-order valence-electron chi connectivity index (χ2n) is 17.8. The van der Waals surface area contributed by atoms with Crippen molar-refractivity contribution in [1.29, 1.82) is 0 Å². The molecule has 0 aromatic heterocycles. The number of nitrogens with zero attached hydrogens (tertiary/aromatic N) is 3. The highest BCUT2D eigenvalue weighted by molar-refractivity contribution is 5.94. The van der Waals surface area contributed by atoms with Crippen LogP contribution >= 0.6 is 0 Å². The first-order valence-corrected chi connectivity index (χ1v) is 19.9. The Morgan fingerprint density at radius 2 is 1.80 bits per heavy atom. The summed E-state index contributed by atoms with van der Waals surface area (Å²) >= 11 is 0. The van der Waals surface area contributed by atoms with Gasteiger partial charge in [-0.3, -0.25) is 9.69 Å². The zero-order valence-corrected chi connectivity index (χ0v) is 34.0. The van der Waals surface area contributed by atoms with Gasteiger partial charge < -0.3 is 33.9 Å². The lowest BCUT2D eigenvalue weighted by Crippen LogP contribution is -2.58. The molecule has 0 aliphatic carbocycles. The second-order valence-corrected chi connectivity index (χ2v) is 17.8. The van der Waals surface area contributed by atoms with Gasteiger partial charge in [-0.2, -0.15) is 0 Å². The van der Waals surface area contributed by atoms with Gasteiger partial charge in [0.15, 0.2) is 6.29 Å². The number of carbonyl (C=O) groups excluding carboxylic acids is 1. The molecule has 4 rings (SSSR count). The van der Waals surface area contributed by atoms with E-state index >= 15 is 0 Å². The summed E-state index contributed by atoms with van der Waals surface area (Å²) in [6.07, 6.45) is 4.87. The molecule has 1 aromatic carbocycles. The molecule has 3 aliphatic heterocycles. The van der Waals surface area contributed by atoms with Crippen LogP contribution in [0.1, 0.15) is 109 Å². The van der Waals surface area contributed by atoms with Crippen LogP contribution in [0.2, 0.25) is 0 Å². The SMILES string of the molecule is CCCN1C[C@H](C)C[C@@](C)(OC)[C@H](O[C@@H]2O[C@H](C)C[C@H](N(C)C)[C@H]2O)[C@H](C)CC(C)(C)COC[C@H]1CC1CCN(C(=O)c2cccc(C)c2)CC1. The number of rotatable bonds is 9. The zero-order chi connectivity index (χ0) is 37.5. The molecule has 1 aromatic rings. The van der Waals surface area contributed by atoms with Gasteiger partial charge in [0, 0.05) is 44.4 Å². The topological polar surface area (TPSA) is 83.9 Å². The lowest BCUT2D eigenvalue weighted by atomic mass is 9.75. The van der Waals surface area contributed by atoms with E-state index in [2.05, 4.69) is 58.3 Å². The van der Waals surface area contributed by atoms with Gasteiger partial charge in [0.25, 0.3) is 5.91 Å². The van der Waals surface area contributed by atoms with E-state index in [0.717, 1.165) is 82.3 Å². The third kappa shape index (κ3) is 11.5. The van der Waals surface area contributed by atoms with Crippen LogP contribution in [0.3, 0.4) is 0 Å². The van der Waals surface area contributed by atoms with Gasteiger partial charge in [0.05, 0.1) is 31.0 Å². The normalized spacial score (nSPS) is 35.2. The minimum absolute atomic E-state index is 0.0196.